The second kappa shape index (κ2) is 12.2. The van der Waals surface area contributed by atoms with Gasteiger partial charge in [0.05, 0.1) is 18.1 Å². The van der Waals surface area contributed by atoms with Crippen molar-refractivity contribution in [2.24, 2.45) is 17.8 Å². The smallest absolute Gasteiger partial charge is 0.265 e. The van der Waals surface area contributed by atoms with E-state index < -0.39 is 0 Å². The summed E-state index contributed by atoms with van der Waals surface area (Å²) in [7, 11) is 0. The molecule has 1 aliphatic rings. The summed E-state index contributed by atoms with van der Waals surface area (Å²) in [5.74, 6) is 2.09. The summed E-state index contributed by atoms with van der Waals surface area (Å²) < 4.78 is 1.09. The van der Waals surface area contributed by atoms with Gasteiger partial charge in [-0.1, -0.05) is 44.2 Å². The van der Waals surface area contributed by atoms with Gasteiger partial charge in [0.2, 0.25) is 0 Å². The van der Waals surface area contributed by atoms with E-state index in [4.69, 9.17) is 10.2 Å². The summed E-state index contributed by atoms with van der Waals surface area (Å²) in [5.41, 5.74) is 2.52. The Morgan fingerprint density at radius 1 is 1.21 bits per heavy atom. The largest absolute Gasteiger partial charge is 0.396 e. The standard InChI is InChI=1S/C22H29NO4S2/c1-16(21-8-7-20(23(26)27)14-17(21)2)13-18-3-5-19(6-4-18)15-22(28-11-9-24)29-12-10-25/h3-8,14-17,21,24-25H,9-13H2,1-2H3. The molecular formula is C22H29NO4S2. The lowest BCUT2D eigenvalue weighted by atomic mass is 9.77. The highest BCUT2D eigenvalue weighted by Crippen LogP contribution is 2.32. The van der Waals surface area contributed by atoms with Crippen LogP contribution >= 0.6 is 23.5 Å². The van der Waals surface area contributed by atoms with Crippen molar-refractivity contribution in [3.63, 3.8) is 0 Å². The van der Waals surface area contributed by atoms with Crippen molar-refractivity contribution in [3.05, 3.63) is 73.7 Å². The summed E-state index contributed by atoms with van der Waals surface area (Å²) >= 11 is 3.19. The zero-order chi connectivity index (χ0) is 21.2. The molecule has 2 N–H and O–H groups in total. The summed E-state index contributed by atoms with van der Waals surface area (Å²) in [5, 5.41) is 29.0. The number of allylic oxidation sites excluding steroid dienone is 3. The molecule has 158 valence electrons. The molecule has 1 aromatic rings. The van der Waals surface area contributed by atoms with Gasteiger partial charge in [0.1, 0.15) is 0 Å². The first-order valence-corrected chi connectivity index (χ1v) is 11.7. The molecule has 0 fully saturated rings. The van der Waals surface area contributed by atoms with Gasteiger partial charge < -0.3 is 10.2 Å². The van der Waals surface area contributed by atoms with Crippen LogP contribution in [0.4, 0.5) is 0 Å². The lowest BCUT2D eigenvalue weighted by Gasteiger charge is -2.27. The summed E-state index contributed by atoms with van der Waals surface area (Å²) in [4.78, 5) is 10.6. The SMILES string of the molecule is CC1C=C([N+](=O)[O-])C=CC1C(C)Cc1ccc(C=C(SCCO)SCCO)cc1. The monoisotopic (exact) mass is 435 g/mol. The van der Waals surface area contributed by atoms with Crippen molar-refractivity contribution in [1.82, 2.24) is 0 Å². The highest BCUT2D eigenvalue weighted by atomic mass is 32.2. The van der Waals surface area contributed by atoms with Crippen LogP contribution < -0.4 is 0 Å². The lowest BCUT2D eigenvalue weighted by molar-refractivity contribution is -0.419. The molecule has 0 aliphatic heterocycles. The molecule has 0 radical (unpaired) electrons. The Labute approximate surface area is 181 Å². The van der Waals surface area contributed by atoms with Crippen molar-refractivity contribution in [3.8, 4) is 0 Å². The highest BCUT2D eigenvalue weighted by Gasteiger charge is 2.26. The van der Waals surface area contributed by atoms with Gasteiger partial charge in [-0.3, -0.25) is 10.1 Å². The number of rotatable bonds is 11. The number of hydrogen-bond donors (Lipinski definition) is 2. The second-order valence-corrected chi connectivity index (χ2v) is 9.71. The zero-order valence-corrected chi connectivity index (χ0v) is 18.5. The zero-order valence-electron chi connectivity index (χ0n) is 16.9. The Morgan fingerprint density at radius 2 is 1.83 bits per heavy atom. The Morgan fingerprint density at radius 3 is 2.34 bits per heavy atom. The van der Waals surface area contributed by atoms with Crippen LogP contribution in [0.3, 0.4) is 0 Å². The van der Waals surface area contributed by atoms with E-state index >= 15 is 0 Å². The fourth-order valence-corrected chi connectivity index (χ4v) is 5.32. The fourth-order valence-electron chi connectivity index (χ4n) is 3.46. The third-order valence-electron chi connectivity index (χ3n) is 4.89. The molecule has 0 aromatic heterocycles. The topological polar surface area (TPSA) is 83.6 Å². The third kappa shape index (κ3) is 7.66. The minimum absolute atomic E-state index is 0.130. The van der Waals surface area contributed by atoms with Gasteiger partial charge in [0, 0.05) is 21.8 Å². The lowest BCUT2D eigenvalue weighted by Crippen LogP contribution is -2.21. The van der Waals surface area contributed by atoms with Crippen LogP contribution in [0.1, 0.15) is 25.0 Å². The van der Waals surface area contributed by atoms with Gasteiger partial charge in [-0.2, -0.15) is 0 Å². The van der Waals surface area contributed by atoms with Crippen molar-refractivity contribution >= 4 is 29.6 Å². The third-order valence-corrected chi connectivity index (χ3v) is 7.18. The maximum Gasteiger partial charge on any atom is 0.265 e. The minimum atomic E-state index is -0.327. The van der Waals surface area contributed by atoms with Crippen molar-refractivity contribution in [1.29, 1.82) is 0 Å². The van der Waals surface area contributed by atoms with E-state index in [1.165, 1.54) is 5.56 Å². The molecule has 3 atom stereocenters. The normalized spacial score (nSPS) is 19.5. The maximum absolute atomic E-state index is 10.9. The molecule has 1 aromatic carbocycles. The van der Waals surface area contributed by atoms with E-state index in [0.29, 0.717) is 17.4 Å². The minimum Gasteiger partial charge on any atom is -0.396 e. The van der Waals surface area contributed by atoms with Crippen LogP contribution in [-0.4, -0.2) is 39.9 Å². The summed E-state index contributed by atoms with van der Waals surface area (Å²) in [6, 6.07) is 8.43. The van der Waals surface area contributed by atoms with Crippen molar-refractivity contribution in [2.45, 2.75) is 20.3 Å². The van der Waals surface area contributed by atoms with Gasteiger partial charge in [-0.15, -0.1) is 23.5 Å². The van der Waals surface area contributed by atoms with E-state index in [9.17, 15) is 10.1 Å². The Kier molecular flexibility index (Phi) is 10.0. The molecule has 1 aliphatic carbocycles. The van der Waals surface area contributed by atoms with Gasteiger partial charge in [-0.25, -0.2) is 0 Å². The van der Waals surface area contributed by atoms with E-state index in [2.05, 4.69) is 37.3 Å². The van der Waals surface area contributed by atoms with E-state index in [0.717, 1.165) is 16.2 Å². The first-order valence-electron chi connectivity index (χ1n) is 9.77. The Bertz CT molecular complexity index is 749. The molecular weight excluding hydrogens is 406 g/mol. The van der Waals surface area contributed by atoms with Crippen LogP contribution in [-0.2, 0) is 6.42 Å². The molecule has 0 bridgehead atoms. The average Bonchev–Trinajstić information content (AvgIpc) is 2.71. The number of nitrogens with zero attached hydrogens (tertiary/aromatic N) is 1. The van der Waals surface area contributed by atoms with Crippen LogP contribution in [0.15, 0.2) is 52.4 Å². The Balaban J connectivity index is 2.00. The first-order chi connectivity index (χ1) is 13.9. The van der Waals surface area contributed by atoms with Crippen LogP contribution in [0.2, 0.25) is 0 Å². The summed E-state index contributed by atoms with van der Waals surface area (Å²) in [6.45, 7) is 4.49. The van der Waals surface area contributed by atoms with Crippen LogP contribution in [0.25, 0.3) is 6.08 Å². The highest BCUT2D eigenvalue weighted by molar-refractivity contribution is 8.22. The number of hydrogen-bond acceptors (Lipinski definition) is 6. The second-order valence-electron chi connectivity index (χ2n) is 7.17. The molecule has 0 spiro atoms. The van der Waals surface area contributed by atoms with Gasteiger partial charge in [0.25, 0.3) is 5.70 Å². The number of thioether (sulfide) groups is 2. The fraction of sp³-hybridized carbons (Fsp3) is 0.455. The van der Waals surface area contributed by atoms with Gasteiger partial charge in [-0.05, 0) is 47.5 Å². The van der Waals surface area contributed by atoms with Gasteiger partial charge in [0.15, 0.2) is 0 Å². The van der Waals surface area contributed by atoms with Gasteiger partial charge >= 0.3 is 0 Å². The Hall–Kier alpha value is -1.54. The van der Waals surface area contributed by atoms with Crippen molar-refractivity contribution < 1.29 is 15.1 Å². The molecule has 2 rings (SSSR count). The van der Waals surface area contributed by atoms with E-state index in [1.807, 2.05) is 13.0 Å². The van der Waals surface area contributed by atoms with Crippen molar-refractivity contribution in [2.75, 3.05) is 24.7 Å². The predicted octanol–water partition coefficient (Wildman–Crippen LogP) is 4.60. The predicted molar refractivity (Wildman–Crippen MR) is 123 cm³/mol. The molecule has 29 heavy (non-hydrogen) atoms. The van der Waals surface area contributed by atoms with Crippen LogP contribution in [0, 0.1) is 27.9 Å². The molecule has 0 saturated heterocycles. The molecule has 7 heteroatoms. The maximum atomic E-state index is 10.9. The quantitative estimate of drug-likeness (QED) is 0.390. The number of aliphatic hydroxyl groups excluding tert-OH is 2. The number of benzene rings is 1. The average molecular weight is 436 g/mol. The number of aliphatic hydroxyl groups is 2. The van der Waals surface area contributed by atoms with E-state index in [-0.39, 0.29) is 35.7 Å². The number of nitro groups is 1. The molecule has 0 saturated carbocycles. The molecule has 5 nitrogen and oxygen atoms in total. The van der Waals surface area contributed by atoms with E-state index in [1.54, 1.807) is 35.7 Å². The molecule has 0 heterocycles. The molecule has 0 amide bonds. The molecule has 3 unspecified atom stereocenters. The van der Waals surface area contributed by atoms with Crippen LogP contribution in [0.5, 0.6) is 0 Å². The first kappa shape index (κ1) is 23.7. The summed E-state index contributed by atoms with van der Waals surface area (Å²) in [6.07, 6.45) is 8.36.